The van der Waals surface area contributed by atoms with Crippen LogP contribution in [0.2, 0.25) is 0 Å². The fraction of sp³-hybridized carbons (Fsp3) is 0.382. The number of aliphatic imine (C=N–C) groups is 1. The van der Waals surface area contributed by atoms with Crippen LogP contribution >= 0.6 is 0 Å². The molecule has 16 nitrogen and oxygen atoms in total. The Kier molecular flexibility index (Phi) is 13.2. The maximum Gasteiger partial charge on any atom is 0.408 e. The number of carbonyl (C=O) groups excluding carboxylic acids is 5. The summed E-state index contributed by atoms with van der Waals surface area (Å²) in [6.07, 6.45) is -0.721. The fourth-order valence-corrected chi connectivity index (χ4v) is 4.99. The summed E-state index contributed by atoms with van der Waals surface area (Å²) in [5.41, 5.74) is 15.0. The van der Waals surface area contributed by atoms with E-state index in [9.17, 15) is 33.9 Å². The van der Waals surface area contributed by atoms with Gasteiger partial charge in [0.2, 0.25) is 17.7 Å². The molecule has 268 valence electrons. The zero-order valence-electron chi connectivity index (χ0n) is 28.3. The number of hydrogen-bond acceptors (Lipinski definition) is 10. The number of ketones is 1. The van der Waals surface area contributed by atoms with Gasteiger partial charge in [0.05, 0.1) is 12.6 Å². The molecule has 0 bridgehead atoms. The first kappa shape index (κ1) is 38.7. The third-order valence-electron chi connectivity index (χ3n) is 7.38. The van der Waals surface area contributed by atoms with Crippen molar-refractivity contribution < 1.29 is 38.2 Å². The van der Waals surface area contributed by atoms with Gasteiger partial charge in [-0.25, -0.2) is 9.59 Å². The highest BCUT2D eigenvalue weighted by molar-refractivity contribution is 6.06. The predicted octanol–water partition coefficient (Wildman–Crippen LogP) is 0.535. The molecule has 2 aromatic carbocycles. The van der Waals surface area contributed by atoms with Gasteiger partial charge in [-0.3, -0.25) is 24.2 Å². The predicted molar refractivity (Wildman–Crippen MR) is 184 cm³/mol. The number of alkyl carbamates (subject to hydrolysis) is 1. The van der Waals surface area contributed by atoms with E-state index < -0.39 is 65.6 Å². The maximum atomic E-state index is 13.9. The molecule has 0 aliphatic rings. The minimum Gasteiger partial charge on any atom is -0.444 e. The van der Waals surface area contributed by atoms with Crippen LogP contribution in [-0.2, 0) is 20.7 Å². The number of nitrogens with zero attached hydrogens (tertiary/aromatic N) is 1. The second-order valence-corrected chi connectivity index (χ2v) is 12.5. The SMILES string of the molecule is Cc1c(C(=O)[C@H](CCCN=C(N)N)NC(=O)[C@H](CO)NC(=O)[C@H](Cc2ccccc2)NC(=O)OC(C)(C)C)c(=O)oc2cc(C(N)=O)ccc12. The van der Waals surface area contributed by atoms with E-state index >= 15 is 0 Å². The lowest BCUT2D eigenvalue weighted by atomic mass is 9.95. The van der Waals surface area contributed by atoms with E-state index in [1.54, 1.807) is 51.1 Å². The number of hydrogen-bond donors (Lipinski definition) is 7. The number of ether oxygens (including phenoxy) is 1. The lowest BCUT2D eigenvalue weighted by Crippen LogP contribution is -2.57. The van der Waals surface area contributed by atoms with Crippen LogP contribution in [0.3, 0.4) is 0 Å². The summed E-state index contributed by atoms with van der Waals surface area (Å²) in [5, 5.41) is 18.0. The number of carbonyl (C=O) groups is 5. The second-order valence-electron chi connectivity index (χ2n) is 12.5. The van der Waals surface area contributed by atoms with Gasteiger partial charge >= 0.3 is 11.7 Å². The first-order valence-corrected chi connectivity index (χ1v) is 15.7. The van der Waals surface area contributed by atoms with Crippen LogP contribution in [-0.4, -0.2) is 77.5 Å². The standard InChI is InChI=1S/C34H43N7O9/c1-18-21-13-12-20(28(35)44)16-25(21)49-31(47)26(18)27(43)22(11-8-14-38-32(36)37)39-30(46)24(17-42)40-29(45)23(15-19-9-6-5-7-10-19)41-33(48)50-34(2,3)4/h5-7,9-10,12-13,16,22-24,42H,8,11,14-15,17H2,1-4H3,(H2,35,44)(H,39,46)(H,40,45)(H,41,48)(H4,36,37,38)/t22-,23-,24-/m0/s1. The van der Waals surface area contributed by atoms with Crippen LogP contribution in [0.4, 0.5) is 4.79 Å². The number of aliphatic hydroxyl groups excluding tert-OH is 1. The number of fused-ring (bicyclic) bond motifs is 1. The highest BCUT2D eigenvalue weighted by Gasteiger charge is 2.32. The molecule has 0 unspecified atom stereocenters. The Balaban J connectivity index is 1.89. The number of Topliss-reactive ketones (excluding diaryl/α,β-unsaturated/α-hetero) is 1. The van der Waals surface area contributed by atoms with Gasteiger partial charge in [-0.05, 0) is 63.8 Å². The van der Waals surface area contributed by atoms with Crippen molar-refractivity contribution in [3.8, 4) is 0 Å². The number of aryl methyl sites for hydroxylation is 1. The number of aliphatic hydroxyl groups is 1. The molecule has 1 aromatic heterocycles. The minimum atomic E-state index is -1.57. The largest absolute Gasteiger partial charge is 0.444 e. The Labute approximate surface area is 287 Å². The number of benzene rings is 2. The summed E-state index contributed by atoms with van der Waals surface area (Å²) in [4.78, 5) is 82.1. The molecular formula is C34H43N7O9. The molecule has 10 N–H and O–H groups in total. The Hall–Kier alpha value is -5.77. The Bertz CT molecular complexity index is 1810. The van der Waals surface area contributed by atoms with Crippen molar-refractivity contribution in [3.05, 3.63) is 81.2 Å². The van der Waals surface area contributed by atoms with Crippen LogP contribution in [0.25, 0.3) is 11.0 Å². The van der Waals surface area contributed by atoms with E-state index in [-0.39, 0.29) is 54.0 Å². The third-order valence-corrected chi connectivity index (χ3v) is 7.38. The van der Waals surface area contributed by atoms with Crippen molar-refractivity contribution in [2.45, 2.75) is 70.7 Å². The van der Waals surface area contributed by atoms with Gasteiger partial charge in [0.15, 0.2) is 11.7 Å². The molecule has 4 amide bonds. The van der Waals surface area contributed by atoms with Gasteiger partial charge in [-0.15, -0.1) is 0 Å². The molecule has 0 aliphatic carbocycles. The molecule has 0 spiro atoms. The molecule has 0 radical (unpaired) electrons. The fourth-order valence-electron chi connectivity index (χ4n) is 4.99. The summed E-state index contributed by atoms with van der Waals surface area (Å²) in [7, 11) is 0. The van der Waals surface area contributed by atoms with Gasteiger partial charge in [0.1, 0.15) is 28.8 Å². The minimum absolute atomic E-state index is 0.0234. The van der Waals surface area contributed by atoms with Crippen LogP contribution < -0.4 is 38.8 Å². The lowest BCUT2D eigenvalue weighted by molar-refractivity contribution is -0.131. The highest BCUT2D eigenvalue weighted by Crippen LogP contribution is 2.22. The summed E-state index contributed by atoms with van der Waals surface area (Å²) >= 11 is 0. The number of amides is 4. The second kappa shape index (κ2) is 17.1. The zero-order chi connectivity index (χ0) is 37.2. The first-order chi connectivity index (χ1) is 23.5. The molecular weight excluding hydrogens is 650 g/mol. The van der Waals surface area contributed by atoms with Crippen molar-refractivity contribution >= 4 is 46.5 Å². The highest BCUT2D eigenvalue weighted by atomic mass is 16.6. The molecule has 1 heterocycles. The Morgan fingerprint density at radius 2 is 1.56 bits per heavy atom. The lowest BCUT2D eigenvalue weighted by Gasteiger charge is -2.26. The number of rotatable bonds is 15. The average Bonchev–Trinajstić information content (AvgIpc) is 3.03. The van der Waals surface area contributed by atoms with Gasteiger partial charge < -0.3 is 47.4 Å². The molecule has 50 heavy (non-hydrogen) atoms. The molecule has 3 atom stereocenters. The molecule has 3 aromatic rings. The van der Waals surface area contributed by atoms with Gasteiger partial charge in [0.25, 0.3) is 0 Å². The Morgan fingerprint density at radius 3 is 2.16 bits per heavy atom. The van der Waals surface area contributed by atoms with Crippen molar-refractivity contribution in [1.29, 1.82) is 0 Å². The number of nitrogens with one attached hydrogen (secondary N) is 3. The number of guanidine groups is 1. The van der Waals surface area contributed by atoms with E-state index in [1.165, 1.54) is 25.1 Å². The Morgan fingerprint density at radius 1 is 0.920 bits per heavy atom. The van der Waals surface area contributed by atoms with Crippen LogP contribution in [0.5, 0.6) is 0 Å². The van der Waals surface area contributed by atoms with E-state index in [0.29, 0.717) is 10.9 Å². The maximum absolute atomic E-state index is 13.9. The molecule has 0 aliphatic heterocycles. The summed E-state index contributed by atoms with van der Waals surface area (Å²) < 4.78 is 10.7. The zero-order valence-corrected chi connectivity index (χ0v) is 28.3. The van der Waals surface area contributed by atoms with Crippen molar-refractivity contribution in [2.75, 3.05) is 13.2 Å². The number of nitrogens with two attached hydrogens (primary N) is 3. The average molecular weight is 694 g/mol. The van der Waals surface area contributed by atoms with Gasteiger partial charge in [-0.1, -0.05) is 36.4 Å². The van der Waals surface area contributed by atoms with Gasteiger partial charge in [-0.2, -0.15) is 0 Å². The normalized spacial score (nSPS) is 13.0. The third kappa shape index (κ3) is 10.9. The molecule has 16 heteroatoms. The van der Waals surface area contributed by atoms with Crippen LogP contribution in [0.15, 0.2) is 62.7 Å². The van der Waals surface area contributed by atoms with Gasteiger partial charge in [0, 0.05) is 23.9 Å². The summed E-state index contributed by atoms with van der Waals surface area (Å²) in [6, 6.07) is 8.80. The quantitative estimate of drug-likeness (QED) is 0.0379. The monoisotopic (exact) mass is 693 g/mol. The van der Waals surface area contributed by atoms with E-state index in [1.807, 2.05) is 0 Å². The summed E-state index contributed by atoms with van der Waals surface area (Å²) in [6.45, 7) is 5.68. The van der Waals surface area contributed by atoms with E-state index in [0.717, 1.165) is 0 Å². The molecule has 0 saturated heterocycles. The van der Waals surface area contributed by atoms with Crippen molar-refractivity contribution in [2.24, 2.45) is 22.2 Å². The van der Waals surface area contributed by atoms with Crippen molar-refractivity contribution in [1.82, 2.24) is 16.0 Å². The van der Waals surface area contributed by atoms with E-state index in [4.69, 9.17) is 26.4 Å². The molecule has 0 saturated carbocycles. The van der Waals surface area contributed by atoms with Crippen LogP contribution in [0.1, 0.15) is 65.5 Å². The van der Waals surface area contributed by atoms with Crippen LogP contribution in [0, 0.1) is 6.92 Å². The van der Waals surface area contributed by atoms with E-state index in [2.05, 4.69) is 20.9 Å². The summed E-state index contributed by atoms with van der Waals surface area (Å²) in [5.74, 6) is -3.51. The first-order valence-electron chi connectivity index (χ1n) is 15.7. The molecule has 3 rings (SSSR count). The smallest absolute Gasteiger partial charge is 0.408 e. The topological polar surface area (TPSA) is 272 Å². The number of primary amides is 1. The molecule has 0 fully saturated rings. The van der Waals surface area contributed by atoms with Crippen molar-refractivity contribution in [3.63, 3.8) is 0 Å².